The number of hydrogen-bond donors (Lipinski definition) is 1. The topological polar surface area (TPSA) is 143 Å². The molecule has 2 rings (SSSR count). The van der Waals surface area contributed by atoms with Gasteiger partial charge in [-0.3, -0.25) is 14.9 Å². The lowest BCUT2D eigenvalue weighted by Crippen LogP contribution is -2.33. The third kappa shape index (κ3) is 5.69. The van der Waals surface area contributed by atoms with Gasteiger partial charge in [0.25, 0.3) is 0 Å². The van der Waals surface area contributed by atoms with Gasteiger partial charge in [0.05, 0.1) is 19.1 Å². The van der Waals surface area contributed by atoms with Crippen LogP contribution in [0.2, 0.25) is 0 Å². The summed E-state index contributed by atoms with van der Waals surface area (Å²) in [6.07, 6.45) is 0.468. The van der Waals surface area contributed by atoms with E-state index in [1.807, 2.05) is 6.07 Å². The average molecular weight is 440 g/mol. The molecule has 12 heteroatoms. The highest BCUT2D eigenvalue weighted by Crippen LogP contribution is 2.27. The summed E-state index contributed by atoms with van der Waals surface area (Å²) < 4.78 is 36.0. The number of methoxy groups -OCH3 is 2. The largest absolute Gasteiger partial charge is 0.493 e. The lowest BCUT2D eigenvalue weighted by Gasteiger charge is -2.10. The van der Waals surface area contributed by atoms with Gasteiger partial charge in [0, 0.05) is 6.54 Å². The highest BCUT2D eigenvalue weighted by Gasteiger charge is 2.25. The molecule has 0 saturated heterocycles. The van der Waals surface area contributed by atoms with Crippen LogP contribution in [0.4, 0.5) is 5.69 Å². The molecule has 30 heavy (non-hydrogen) atoms. The number of carbonyl (C=O) groups is 1. The van der Waals surface area contributed by atoms with Crippen molar-refractivity contribution in [3.05, 3.63) is 45.3 Å². The SMILES string of the molecule is COc1ccc(CCNC(=O)CS(=O)(=O)Cn2nc(C)c([N+](=O)[O-])c2C)cc1OC. The molecule has 0 radical (unpaired) electrons. The van der Waals surface area contributed by atoms with Crippen molar-refractivity contribution in [1.82, 2.24) is 15.1 Å². The molecule has 1 amide bonds. The number of amides is 1. The van der Waals surface area contributed by atoms with Gasteiger partial charge in [-0.2, -0.15) is 5.10 Å². The van der Waals surface area contributed by atoms with Crippen LogP contribution in [0.15, 0.2) is 18.2 Å². The van der Waals surface area contributed by atoms with Gasteiger partial charge in [0.1, 0.15) is 23.0 Å². The first-order valence-electron chi connectivity index (χ1n) is 8.94. The van der Waals surface area contributed by atoms with Gasteiger partial charge >= 0.3 is 5.69 Å². The lowest BCUT2D eigenvalue weighted by atomic mass is 10.1. The van der Waals surface area contributed by atoms with Gasteiger partial charge in [-0.05, 0) is 38.0 Å². The number of carbonyl (C=O) groups excluding carboxylic acids is 1. The van der Waals surface area contributed by atoms with Crippen LogP contribution in [0.25, 0.3) is 0 Å². The van der Waals surface area contributed by atoms with Gasteiger partial charge < -0.3 is 14.8 Å². The number of nitrogens with zero attached hydrogens (tertiary/aromatic N) is 3. The summed E-state index contributed by atoms with van der Waals surface area (Å²) in [6, 6.07) is 5.34. The first-order chi connectivity index (χ1) is 14.1. The van der Waals surface area contributed by atoms with Gasteiger partial charge in [0.15, 0.2) is 21.3 Å². The third-order valence-corrected chi connectivity index (χ3v) is 5.72. The number of benzene rings is 1. The number of aryl methyl sites for hydroxylation is 1. The smallest absolute Gasteiger partial charge is 0.312 e. The van der Waals surface area contributed by atoms with Crippen LogP contribution in [0, 0.1) is 24.0 Å². The first kappa shape index (κ1) is 23.1. The second kappa shape index (κ2) is 9.57. The third-order valence-electron chi connectivity index (χ3n) is 4.38. The fraction of sp³-hybridized carbons (Fsp3) is 0.444. The van der Waals surface area contributed by atoms with Gasteiger partial charge in [-0.15, -0.1) is 0 Å². The van der Waals surface area contributed by atoms with Crippen molar-refractivity contribution < 1.29 is 27.6 Å². The Morgan fingerprint density at radius 2 is 1.90 bits per heavy atom. The highest BCUT2D eigenvalue weighted by atomic mass is 32.2. The zero-order valence-electron chi connectivity index (χ0n) is 17.2. The Hall–Kier alpha value is -3.15. The van der Waals surface area contributed by atoms with E-state index in [1.54, 1.807) is 12.1 Å². The van der Waals surface area contributed by atoms with Crippen LogP contribution >= 0.6 is 0 Å². The second-order valence-corrected chi connectivity index (χ2v) is 8.62. The standard InChI is InChI=1S/C18H24N4O7S/c1-12-18(22(24)25)13(2)21(20-12)11-30(26,27)10-17(23)19-8-7-14-5-6-15(28-3)16(9-14)29-4/h5-6,9H,7-8,10-11H2,1-4H3,(H,19,23). The molecule has 1 aromatic carbocycles. The molecular formula is C18H24N4O7S. The van der Waals surface area contributed by atoms with Gasteiger partial charge in [-0.25, -0.2) is 13.1 Å². The van der Waals surface area contributed by atoms with Crippen molar-refractivity contribution in [3.63, 3.8) is 0 Å². The molecule has 0 aliphatic heterocycles. The number of hydrogen-bond acceptors (Lipinski definition) is 8. The first-order valence-corrected chi connectivity index (χ1v) is 10.8. The molecule has 0 unspecified atom stereocenters. The van der Waals surface area contributed by atoms with Crippen molar-refractivity contribution in [3.8, 4) is 11.5 Å². The molecule has 2 aromatic rings. The molecule has 0 fully saturated rings. The summed E-state index contributed by atoms with van der Waals surface area (Å²) in [5, 5.41) is 17.5. The van der Waals surface area contributed by atoms with Crippen LogP contribution < -0.4 is 14.8 Å². The van der Waals surface area contributed by atoms with E-state index >= 15 is 0 Å². The maximum absolute atomic E-state index is 12.3. The fourth-order valence-electron chi connectivity index (χ4n) is 2.94. The number of nitro groups is 1. The van der Waals surface area contributed by atoms with Gasteiger partial charge in [0.2, 0.25) is 5.91 Å². The fourth-order valence-corrected chi connectivity index (χ4v) is 4.16. The van der Waals surface area contributed by atoms with Crippen molar-refractivity contribution in [2.24, 2.45) is 0 Å². The van der Waals surface area contributed by atoms with Crippen molar-refractivity contribution >= 4 is 21.4 Å². The minimum Gasteiger partial charge on any atom is -0.493 e. The Morgan fingerprint density at radius 3 is 2.47 bits per heavy atom. The molecular weight excluding hydrogens is 416 g/mol. The Bertz CT molecular complexity index is 1050. The monoisotopic (exact) mass is 440 g/mol. The van der Waals surface area contributed by atoms with Gasteiger partial charge in [-0.1, -0.05) is 6.07 Å². The molecule has 1 N–H and O–H groups in total. The molecule has 0 saturated carbocycles. The average Bonchev–Trinajstić information content (AvgIpc) is 2.93. The van der Waals surface area contributed by atoms with Crippen LogP contribution in [0.3, 0.4) is 0 Å². The van der Waals surface area contributed by atoms with E-state index in [2.05, 4.69) is 10.4 Å². The van der Waals surface area contributed by atoms with E-state index in [4.69, 9.17) is 9.47 Å². The molecule has 0 aliphatic rings. The lowest BCUT2D eigenvalue weighted by molar-refractivity contribution is -0.386. The number of aromatic nitrogens is 2. The molecule has 1 aromatic heterocycles. The molecule has 0 spiro atoms. The maximum atomic E-state index is 12.3. The van der Waals surface area contributed by atoms with E-state index in [-0.39, 0.29) is 23.6 Å². The molecule has 0 aliphatic carbocycles. The molecule has 1 heterocycles. The predicted molar refractivity (Wildman–Crippen MR) is 108 cm³/mol. The molecule has 164 valence electrons. The normalized spacial score (nSPS) is 11.2. The summed E-state index contributed by atoms with van der Waals surface area (Å²) in [7, 11) is -0.821. The number of ether oxygens (including phenoxy) is 2. The second-order valence-electron chi connectivity index (χ2n) is 6.58. The Balaban J connectivity index is 1.93. The Morgan fingerprint density at radius 1 is 1.23 bits per heavy atom. The summed E-state index contributed by atoms with van der Waals surface area (Å²) in [5.74, 6) is -0.878. The molecule has 11 nitrogen and oxygen atoms in total. The summed E-state index contributed by atoms with van der Waals surface area (Å²) in [4.78, 5) is 22.5. The Kier molecular flexibility index (Phi) is 7.38. The summed E-state index contributed by atoms with van der Waals surface area (Å²) >= 11 is 0. The molecule has 0 bridgehead atoms. The summed E-state index contributed by atoms with van der Waals surface area (Å²) in [6.45, 7) is 3.07. The number of sulfone groups is 1. The van der Waals surface area contributed by atoms with Crippen LogP contribution in [0.5, 0.6) is 11.5 Å². The quantitative estimate of drug-likeness (QED) is 0.428. The van der Waals surface area contributed by atoms with E-state index in [1.165, 1.54) is 28.1 Å². The maximum Gasteiger partial charge on any atom is 0.312 e. The highest BCUT2D eigenvalue weighted by molar-refractivity contribution is 7.91. The Labute approximate surface area is 174 Å². The number of rotatable bonds is 10. The van der Waals surface area contributed by atoms with Crippen LogP contribution in [-0.4, -0.2) is 55.5 Å². The van der Waals surface area contributed by atoms with Crippen molar-refractivity contribution in [2.75, 3.05) is 26.5 Å². The zero-order chi connectivity index (χ0) is 22.5. The minimum atomic E-state index is -3.87. The number of nitrogens with one attached hydrogen (secondary N) is 1. The van der Waals surface area contributed by atoms with E-state index < -0.39 is 32.3 Å². The van der Waals surface area contributed by atoms with Crippen LogP contribution in [-0.2, 0) is 26.9 Å². The summed E-state index contributed by atoms with van der Waals surface area (Å²) in [5.41, 5.74) is 0.886. The molecule has 0 atom stereocenters. The van der Waals surface area contributed by atoms with Crippen LogP contribution in [0.1, 0.15) is 17.0 Å². The minimum absolute atomic E-state index is 0.118. The van der Waals surface area contributed by atoms with Crippen molar-refractivity contribution in [2.45, 2.75) is 26.1 Å². The predicted octanol–water partition coefficient (Wildman–Crippen LogP) is 1.16. The zero-order valence-corrected chi connectivity index (χ0v) is 18.0. The van der Waals surface area contributed by atoms with E-state index in [0.717, 1.165) is 10.2 Å². The van der Waals surface area contributed by atoms with Crippen molar-refractivity contribution in [1.29, 1.82) is 0 Å². The van der Waals surface area contributed by atoms with E-state index in [9.17, 15) is 23.3 Å². The van der Waals surface area contributed by atoms with E-state index in [0.29, 0.717) is 17.9 Å².